The van der Waals surface area contributed by atoms with Crippen molar-refractivity contribution in [2.24, 2.45) is 5.92 Å². The lowest BCUT2D eigenvalue weighted by atomic mass is 9.93. The Labute approximate surface area is 201 Å². The maximum absolute atomic E-state index is 13.4. The topological polar surface area (TPSA) is 116 Å². The van der Waals surface area contributed by atoms with Crippen LogP contribution in [0.25, 0.3) is 0 Å². The van der Waals surface area contributed by atoms with Crippen LogP contribution in [-0.4, -0.2) is 49.7 Å². The van der Waals surface area contributed by atoms with Gasteiger partial charge in [-0.25, -0.2) is 13.4 Å². The summed E-state index contributed by atoms with van der Waals surface area (Å²) < 4.78 is 26.9. The summed E-state index contributed by atoms with van der Waals surface area (Å²) in [5.41, 5.74) is 2.40. The highest BCUT2D eigenvalue weighted by Gasteiger charge is 2.24. The van der Waals surface area contributed by atoms with Gasteiger partial charge in [-0.3, -0.25) is 9.52 Å². The number of hydrogen-bond acceptors (Lipinski definition) is 7. The number of piperidine rings is 1. The lowest BCUT2D eigenvalue weighted by Crippen LogP contribution is -2.36. The molecule has 4 bridgehead atoms. The van der Waals surface area contributed by atoms with E-state index < -0.39 is 10.0 Å². The minimum Gasteiger partial charge on any atom is -0.371 e. The van der Waals surface area contributed by atoms with E-state index in [1.165, 1.54) is 0 Å². The molecule has 0 aliphatic carbocycles. The van der Waals surface area contributed by atoms with Crippen LogP contribution in [0.3, 0.4) is 0 Å². The van der Waals surface area contributed by atoms with E-state index in [4.69, 9.17) is 0 Å². The van der Waals surface area contributed by atoms with Crippen molar-refractivity contribution in [3.05, 3.63) is 47.7 Å². The standard InChI is InChI=1S/C24H32N6O3S/c1-3-34(32,33)29-19-10-11-20-21(15-19)30-13-7-9-18(16-30)8-5-4-6-12-25-24-26-17(2)14-22(28-24)27-23(20)31/h4-5,10-11,14-15,18,29H,3,6-9,12-13,16H2,1-2H3,(H2,25,26,27,28,31)/b5-4-/t18-/m1/s1. The van der Waals surface area contributed by atoms with Crippen molar-refractivity contribution in [2.75, 3.05) is 45.6 Å². The number of aromatic nitrogens is 2. The predicted octanol–water partition coefficient (Wildman–Crippen LogP) is 3.78. The zero-order valence-corrected chi connectivity index (χ0v) is 20.5. The molecule has 9 nitrogen and oxygen atoms in total. The summed E-state index contributed by atoms with van der Waals surface area (Å²) in [4.78, 5) is 24.4. The zero-order valence-electron chi connectivity index (χ0n) is 19.7. The number of anilines is 4. The number of nitrogens with zero attached hydrogens (tertiary/aromatic N) is 3. The van der Waals surface area contributed by atoms with Crippen molar-refractivity contribution in [2.45, 2.75) is 39.5 Å². The Bertz CT molecular complexity index is 1180. The Hall–Kier alpha value is -3.14. The molecule has 3 N–H and O–H groups in total. The molecule has 34 heavy (non-hydrogen) atoms. The number of hydrogen-bond donors (Lipinski definition) is 3. The summed E-state index contributed by atoms with van der Waals surface area (Å²) in [7, 11) is -3.43. The maximum atomic E-state index is 13.4. The molecule has 1 saturated heterocycles. The molecular weight excluding hydrogens is 452 g/mol. The number of sulfonamides is 1. The van der Waals surface area contributed by atoms with Crippen LogP contribution in [0.1, 0.15) is 48.7 Å². The summed E-state index contributed by atoms with van der Waals surface area (Å²) in [6.45, 7) is 5.78. The third-order valence-corrected chi connectivity index (χ3v) is 7.39. The fourth-order valence-corrected chi connectivity index (χ4v) is 4.98. The van der Waals surface area contributed by atoms with E-state index in [9.17, 15) is 13.2 Å². The molecule has 1 aromatic heterocycles. The van der Waals surface area contributed by atoms with Gasteiger partial charge in [-0.2, -0.15) is 4.98 Å². The molecule has 182 valence electrons. The molecule has 2 aliphatic rings. The van der Waals surface area contributed by atoms with Crippen molar-refractivity contribution >= 4 is 39.1 Å². The molecule has 0 saturated carbocycles. The number of benzene rings is 1. The summed E-state index contributed by atoms with van der Waals surface area (Å²) in [5.74, 6) is 1.04. The number of carbonyl (C=O) groups excluding carboxylic acids is 1. The molecule has 1 fully saturated rings. The molecule has 2 aromatic rings. The first-order valence-corrected chi connectivity index (χ1v) is 13.4. The fraction of sp³-hybridized carbons (Fsp3) is 0.458. The van der Waals surface area contributed by atoms with Crippen LogP contribution in [0.15, 0.2) is 36.4 Å². The summed E-state index contributed by atoms with van der Waals surface area (Å²) >= 11 is 0. The third kappa shape index (κ3) is 6.05. The summed E-state index contributed by atoms with van der Waals surface area (Å²) in [5, 5.41) is 6.13. The third-order valence-electron chi connectivity index (χ3n) is 6.08. The zero-order chi connectivity index (χ0) is 24.1. The highest BCUT2D eigenvalue weighted by atomic mass is 32.2. The van der Waals surface area contributed by atoms with Crippen LogP contribution in [0.4, 0.5) is 23.1 Å². The molecule has 1 amide bonds. The summed E-state index contributed by atoms with van der Waals surface area (Å²) in [6, 6.07) is 6.80. The molecule has 0 spiro atoms. The Balaban J connectivity index is 1.74. The number of fused-ring (bicyclic) bond motifs is 6. The van der Waals surface area contributed by atoms with E-state index in [0.29, 0.717) is 35.5 Å². The van der Waals surface area contributed by atoms with Crippen LogP contribution < -0.4 is 20.3 Å². The van der Waals surface area contributed by atoms with E-state index in [1.807, 2.05) is 6.92 Å². The smallest absolute Gasteiger partial charge is 0.258 e. The Morgan fingerprint density at radius 1 is 1.21 bits per heavy atom. The molecular formula is C24H32N6O3S. The molecule has 10 heteroatoms. The first-order valence-electron chi connectivity index (χ1n) is 11.8. The average molecular weight is 485 g/mol. The number of nitrogens with one attached hydrogen (secondary N) is 3. The van der Waals surface area contributed by atoms with Crippen molar-refractivity contribution in [1.29, 1.82) is 0 Å². The van der Waals surface area contributed by atoms with Gasteiger partial charge in [0.15, 0.2) is 0 Å². The van der Waals surface area contributed by atoms with Gasteiger partial charge in [-0.1, -0.05) is 12.2 Å². The van der Waals surface area contributed by atoms with Crippen LogP contribution in [0, 0.1) is 12.8 Å². The Morgan fingerprint density at radius 3 is 2.88 bits per heavy atom. The van der Waals surface area contributed by atoms with E-state index in [0.717, 1.165) is 50.2 Å². The normalized spacial score (nSPS) is 20.0. The van der Waals surface area contributed by atoms with E-state index >= 15 is 0 Å². The minimum absolute atomic E-state index is 0.0217. The largest absolute Gasteiger partial charge is 0.371 e. The fourth-order valence-electron chi connectivity index (χ4n) is 4.35. The number of carbonyl (C=O) groups is 1. The van der Waals surface area contributed by atoms with Gasteiger partial charge in [-0.05, 0) is 63.6 Å². The van der Waals surface area contributed by atoms with Gasteiger partial charge in [0.05, 0.1) is 22.7 Å². The lowest BCUT2D eigenvalue weighted by Gasteiger charge is -2.35. The maximum Gasteiger partial charge on any atom is 0.258 e. The second-order valence-corrected chi connectivity index (χ2v) is 10.8. The van der Waals surface area contributed by atoms with Gasteiger partial charge in [0.2, 0.25) is 16.0 Å². The molecule has 3 heterocycles. The molecule has 1 atom stereocenters. The number of allylic oxidation sites excluding steroid dienone is 1. The average Bonchev–Trinajstić information content (AvgIpc) is 2.80. The van der Waals surface area contributed by atoms with Crippen LogP contribution in [-0.2, 0) is 10.0 Å². The molecule has 0 radical (unpaired) electrons. The first kappa shape index (κ1) is 24.0. The van der Waals surface area contributed by atoms with Crippen LogP contribution >= 0.6 is 0 Å². The van der Waals surface area contributed by atoms with Gasteiger partial charge in [0, 0.05) is 31.4 Å². The van der Waals surface area contributed by atoms with Crippen molar-refractivity contribution in [3.8, 4) is 0 Å². The van der Waals surface area contributed by atoms with Gasteiger partial charge in [0.25, 0.3) is 5.91 Å². The monoisotopic (exact) mass is 484 g/mol. The Kier molecular flexibility index (Phi) is 7.35. The van der Waals surface area contributed by atoms with Gasteiger partial charge >= 0.3 is 0 Å². The van der Waals surface area contributed by atoms with Crippen molar-refractivity contribution in [3.63, 3.8) is 0 Å². The summed E-state index contributed by atoms with van der Waals surface area (Å²) in [6.07, 6.45) is 8.37. The van der Waals surface area contributed by atoms with E-state index in [2.05, 4.69) is 42.4 Å². The van der Waals surface area contributed by atoms with Crippen LogP contribution in [0.5, 0.6) is 0 Å². The van der Waals surface area contributed by atoms with Gasteiger partial charge in [-0.15, -0.1) is 0 Å². The first-order chi connectivity index (χ1) is 16.3. The lowest BCUT2D eigenvalue weighted by molar-refractivity contribution is 0.102. The minimum atomic E-state index is -3.43. The highest BCUT2D eigenvalue weighted by molar-refractivity contribution is 7.92. The van der Waals surface area contributed by atoms with Crippen LogP contribution in [0.2, 0.25) is 0 Å². The second kappa shape index (κ2) is 10.4. The Morgan fingerprint density at radius 2 is 2.06 bits per heavy atom. The highest BCUT2D eigenvalue weighted by Crippen LogP contribution is 2.31. The quantitative estimate of drug-likeness (QED) is 0.568. The van der Waals surface area contributed by atoms with Gasteiger partial charge < -0.3 is 15.5 Å². The number of rotatable bonds is 3. The predicted molar refractivity (Wildman–Crippen MR) is 136 cm³/mol. The molecule has 1 aromatic carbocycles. The SMILES string of the molecule is CCS(=O)(=O)Nc1ccc2c(c1)N1CCC[C@@H](C/C=C\CCNc3nc(C)cc(n3)NC2=O)C1. The van der Waals surface area contributed by atoms with Crippen molar-refractivity contribution < 1.29 is 13.2 Å². The second-order valence-electron chi connectivity index (χ2n) is 8.79. The molecule has 0 unspecified atom stereocenters. The number of amides is 1. The number of aryl methyl sites for hydroxylation is 1. The van der Waals surface area contributed by atoms with Crippen molar-refractivity contribution in [1.82, 2.24) is 9.97 Å². The van der Waals surface area contributed by atoms with Gasteiger partial charge in [0.1, 0.15) is 5.82 Å². The molecule has 4 rings (SSSR count). The van der Waals surface area contributed by atoms with E-state index in [1.54, 1.807) is 31.2 Å². The molecule has 2 aliphatic heterocycles. The van der Waals surface area contributed by atoms with E-state index in [-0.39, 0.29) is 11.7 Å².